The van der Waals surface area contributed by atoms with Gasteiger partial charge in [0.15, 0.2) is 0 Å². The molecule has 0 spiro atoms. The molecule has 0 aromatic heterocycles. The van der Waals surface area contributed by atoms with Gasteiger partial charge >= 0.3 is 0 Å². The zero-order valence-electron chi connectivity index (χ0n) is 21.2. The Hall–Kier alpha value is -2.10. The highest BCUT2D eigenvalue weighted by Crippen LogP contribution is 2.41. The molecule has 0 aliphatic rings. The molecule has 3 heteroatoms. The molecule has 3 nitrogen and oxygen atoms in total. The summed E-state index contributed by atoms with van der Waals surface area (Å²) in [5, 5.41) is 19.9. The Kier molecular flexibility index (Phi) is 8.73. The first-order valence-corrected chi connectivity index (χ1v) is 11.8. The Morgan fingerprint density at radius 3 is 1.94 bits per heavy atom. The van der Waals surface area contributed by atoms with Crippen molar-refractivity contribution in [1.29, 1.82) is 0 Å². The molecule has 0 saturated heterocycles. The van der Waals surface area contributed by atoms with Gasteiger partial charge < -0.3 is 14.9 Å². The normalized spacial score (nSPS) is 14.6. The molecule has 0 heterocycles. The van der Waals surface area contributed by atoms with Crippen molar-refractivity contribution >= 4 is 6.08 Å². The minimum atomic E-state index is -0.517. The summed E-state index contributed by atoms with van der Waals surface area (Å²) in [6.07, 6.45) is 4.82. The van der Waals surface area contributed by atoms with E-state index in [2.05, 4.69) is 58.0 Å². The molecule has 2 rings (SSSR count). The first-order chi connectivity index (χ1) is 14.9. The Morgan fingerprint density at radius 1 is 0.906 bits per heavy atom. The molecule has 0 aliphatic heterocycles. The number of aliphatic hydroxyl groups excluding tert-OH is 2. The van der Waals surface area contributed by atoms with E-state index in [0.29, 0.717) is 0 Å². The number of rotatable bonds is 9. The zero-order valence-corrected chi connectivity index (χ0v) is 21.2. The summed E-state index contributed by atoms with van der Waals surface area (Å²) >= 11 is 0. The Labute approximate surface area is 195 Å². The molecule has 0 bridgehead atoms. The van der Waals surface area contributed by atoms with Gasteiger partial charge in [-0.05, 0) is 72.9 Å². The van der Waals surface area contributed by atoms with Gasteiger partial charge in [-0.15, -0.1) is 0 Å². The van der Waals surface area contributed by atoms with Crippen molar-refractivity contribution in [2.45, 2.75) is 85.9 Å². The van der Waals surface area contributed by atoms with Crippen molar-refractivity contribution in [3.05, 3.63) is 70.3 Å². The average Bonchev–Trinajstić information content (AvgIpc) is 2.72. The maximum atomic E-state index is 10.3. The predicted octanol–water partition coefficient (Wildman–Crippen LogP) is 6.59. The first-order valence-electron chi connectivity index (χ1n) is 11.8. The van der Waals surface area contributed by atoms with E-state index < -0.39 is 12.2 Å². The van der Waals surface area contributed by atoms with E-state index in [1.54, 1.807) is 6.92 Å². The summed E-state index contributed by atoms with van der Waals surface area (Å²) in [5.41, 5.74) is 5.74. The highest BCUT2D eigenvalue weighted by Gasteiger charge is 2.31. The Bertz CT molecular complexity index is 914. The molecule has 2 aromatic rings. The largest absolute Gasteiger partial charge is 0.491 e. The zero-order chi connectivity index (χ0) is 24.1. The summed E-state index contributed by atoms with van der Waals surface area (Å²) in [7, 11) is 0. The number of hydrogen-bond donors (Lipinski definition) is 2. The van der Waals surface area contributed by atoms with E-state index >= 15 is 0 Å². The van der Waals surface area contributed by atoms with E-state index in [0.717, 1.165) is 29.7 Å². The van der Waals surface area contributed by atoms with Gasteiger partial charge in [-0.2, -0.15) is 0 Å². The summed E-state index contributed by atoms with van der Waals surface area (Å²) in [6, 6.07) is 13.1. The van der Waals surface area contributed by atoms with E-state index in [9.17, 15) is 10.2 Å². The van der Waals surface area contributed by atoms with Crippen molar-refractivity contribution in [2.24, 2.45) is 5.41 Å². The van der Waals surface area contributed by atoms with Crippen LogP contribution in [-0.2, 0) is 5.41 Å². The molecule has 2 N–H and O–H groups in total. The smallest absolute Gasteiger partial charge is 0.122 e. The van der Waals surface area contributed by atoms with Crippen LogP contribution in [0.4, 0.5) is 0 Å². The number of hydrogen-bond acceptors (Lipinski definition) is 3. The fourth-order valence-electron chi connectivity index (χ4n) is 4.16. The van der Waals surface area contributed by atoms with Crippen molar-refractivity contribution < 1.29 is 14.9 Å². The summed E-state index contributed by atoms with van der Waals surface area (Å²) in [5.74, 6) is 0.827. The third kappa shape index (κ3) is 6.02. The maximum absolute atomic E-state index is 10.3. The van der Waals surface area contributed by atoms with Crippen LogP contribution in [0.1, 0.15) is 82.2 Å². The number of benzene rings is 2. The van der Waals surface area contributed by atoms with Crippen molar-refractivity contribution in [2.75, 3.05) is 6.61 Å². The molecule has 0 saturated carbocycles. The van der Waals surface area contributed by atoms with Crippen LogP contribution in [0.25, 0.3) is 6.08 Å². The van der Waals surface area contributed by atoms with Crippen molar-refractivity contribution in [1.82, 2.24) is 0 Å². The number of aryl methyl sites for hydroxylation is 2. The van der Waals surface area contributed by atoms with Gasteiger partial charge in [0.2, 0.25) is 0 Å². The topological polar surface area (TPSA) is 49.7 Å². The van der Waals surface area contributed by atoms with Crippen LogP contribution in [0.2, 0.25) is 0 Å². The van der Waals surface area contributed by atoms with Gasteiger partial charge in [-0.1, -0.05) is 77.1 Å². The van der Waals surface area contributed by atoms with E-state index in [4.69, 9.17) is 4.74 Å². The highest BCUT2D eigenvalue weighted by molar-refractivity contribution is 5.56. The second kappa shape index (κ2) is 10.7. The quantitative estimate of drug-likeness (QED) is 0.464. The van der Waals surface area contributed by atoms with E-state index in [1.807, 2.05) is 39.0 Å². The molecule has 2 unspecified atom stereocenters. The number of ether oxygens (including phenoxy) is 1. The van der Waals surface area contributed by atoms with Crippen LogP contribution in [-0.4, -0.2) is 29.0 Å². The number of aliphatic hydroxyl groups is 2. The molecule has 0 amide bonds. The maximum Gasteiger partial charge on any atom is 0.122 e. The lowest BCUT2D eigenvalue weighted by molar-refractivity contribution is 0.0216. The Balaban J connectivity index is 2.37. The molecule has 176 valence electrons. The van der Waals surface area contributed by atoms with E-state index in [-0.39, 0.29) is 17.4 Å². The third-order valence-corrected chi connectivity index (χ3v) is 6.71. The molecule has 32 heavy (non-hydrogen) atoms. The van der Waals surface area contributed by atoms with Gasteiger partial charge in [0.05, 0.1) is 12.2 Å². The van der Waals surface area contributed by atoms with Crippen molar-refractivity contribution in [3.8, 4) is 5.75 Å². The fraction of sp³-hybridized carbons (Fsp3) is 0.517. The molecule has 0 fully saturated rings. The van der Waals surface area contributed by atoms with Crippen molar-refractivity contribution in [3.63, 3.8) is 0 Å². The highest BCUT2D eigenvalue weighted by atomic mass is 16.5. The second-order valence-corrected chi connectivity index (χ2v) is 10.1. The van der Waals surface area contributed by atoms with Crippen LogP contribution in [0, 0.1) is 19.3 Å². The van der Waals surface area contributed by atoms with Gasteiger partial charge in [0, 0.05) is 5.41 Å². The first kappa shape index (κ1) is 26.2. The fourth-order valence-corrected chi connectivity index (χ4v) is 4.16. The standard InChI is InChI=1S/C29H42O3/c1-9-29(10-2,24-14-13-23(20(3)17-24)12-11-22(5)30)25-15-16-26(21(4)18-25)32-19-27(31)28(6,7)8/h11-18,22,27,30-31H,9-10,19H2,1-8H3. The van der Waals surface area contributed by atoms with Gasteiger partial charge in [0.1, 0.15) is 12.4 Å². The monoisotopic (exact) mass is 438 g/mol. The molecular weight excluding hydrogens is 396 g/mol. The van der Waals surface area contributed by atoms with E-state index in [1.165, 1.54) is 16.7 Å². The lowest BCUT2D eigenvalue weighted by atomic mass is 9.70. The average molecular weight is 439 g/mol. The van der Waals surface area contributed by atoms with Crippen LogP contribution < -0.4 is 4.74 Å². The van der Waals surface area contributed by atoms with Gasteiger partial charge in [-0.3, -0.25) is 0 Å². The van der Waals surface area contributed by atoms with Gasteiger partial charge in [-0.25, -0.2) is 0 Å². The third-order valence-electron chi connectivity index (χ3n) is 6.71. The minimum absolute atomic E-state index is 0.0779. The summed E-state index contributed by atoms with van der Waals surface area (Å²) in [4.78, 5) is 0. The Morgan fingerprint density at radius 2 is 1.47 bits per heavy atom. The van der Waals surface area contributed by atoms with Crippen LogP contribution in [0.15, 0.2) is 42.5 Å². The SMILES string of the molecule is CCC(CC)(c1ccc(C=CC(C)O)c(C)c1)c1ccc(OCC(O)C(C)(C)C)c(C)c1. The van der Waals surface area contributed by atoms with Gasteiger partial charge in [0.25, 0.3) is 0 Å². The molecule has 2 atom stereocenters. The lowest BCUT2D eigenvalue weighted by Crippen LogP contribution is -2.32. The van der Waals surface area contributed by atoms with Crippen LogP contribution >= 0.6 is 0 Å². The summed E-state index contributed by atoms with van der Waals surface area (Å²) in [6.45, 7) is 16.8. The minimum Gasteiger partial charge on any atom is -0.491 e. The molecule has 2 aromatic carbocycles. The van der Waals surface area contributed by atoms with Crippen LogP contribution in [0.3, 0.4) is 0 Å². The summed E-state index contributed by atoms with van der Waals surface area (Å²) < 4.78 is 5.97. The molecular formula is C29H42O3. The molecule has 0 radical (unpaired) electrons. The predicted molar refractivity (Wildman–Crippen MR) is 135 cm³/mol. The van der Waals surface area contributed by atoms with Crippen LogP contribution in [0.5, 0.6) is 5.75 Å². The second-order valence-electron chi connectivity index (χ2n) is 10.1. The molecule has 0 aliphatic carbocycles. The lowest BCUT2D eigenvalue weighted by Gasteiger charge is -2.34.